The first-order valence-corrected chi connectivity index (χ1v) is 4.08. The summed E-state index contributed by atoms with van der Waals surface area (Å²) in [4.78, 5) is 0. The van der Waals surface area contributed by atoms with Crippen LogP contribution >= 0.6 is 23.2 Å². The molecule has 0 N–H and O–H groups in total. The first kappa shape index (κ1) is 9.38. The third kappa shape index (κ3) is 2.14. The molecule has 0 aliphatic carbocycles. The predicted molar refractivity (Wildman–Crippen MR) is 50.2 cm³/mol. The van der Waals surface area contributed by atoms with Crippen LogP contribution in [0.15, 0.2) is 18.2 Å². The van der Waals surface area contributed by atoms with Crippen LogP contribution < -0.4 is 0 Å². The van der Waals surface area contributed by atoms with E-state index in [1.54, 1.807) is 18.2 Å². The maximum Gasteiger partial charge on any atom is 0.0714 e. The van der Waals surface area contributed by atoms with Gasteiger partial charge in [-0.1, -0.05) is 23.2 Å². The van der Waals surface area contributed by atoms with Crippen LogP contribution in [0.25, 0.3) is 0 Å². The Balaban J connectivity index is 3.10. The Morgan fingerprint density at radius 3 is 2.17 bits per heavy atom. The lowest BCUT2D eigenvalue weighted by atomic mass is 10.0. The van der Waals surface area contributed by atoms with Crippen LogP contribution in [0.5, 0.6) is 0 Å². The quantitative estimate of drug-likeness (QED) is 0.679. The van der Waals surface area contributed by atoms with E-state index in [0.29, 0.717) is 10.0 Å². The number of nitriles is 1. The molecule has 61 valence electrons. The van der Waals surface area contributed by atoms with Gasteiger partial charge in [-0.2, -0.15) is 5.26 Å². The maximum atomic E-state index is 8.57. The van der Waals surface area contributed by atoms with Crippen molar-refractivity contribution in [2.45, 2.75) is 5.92 Å². The molecule has 0 amide bonds. The zero-order valence-electron chi connectivity index (χ0n) is 6.22. The minimum Gasteiger partial charge on any atom is -0.198 e. The summed E-state index contributed by atoms with van der Waals surface area (Å²) in [5.74, 6) is -0.416. The largest absolute Gasteiger partial charge is 0.198 e. The lowest BCUT2D eigenvalue weighted by Gasteiger charge is -2.03. The van der Waals surface area contributed by atoms with Crippen molar-refractivity contribution in [3.63, 3.8) is 0 Å². The Morgan fingerprint density at radius 1 is 1.25 bits per heavy atom. The highest BCUT2D eigenvalue weighted by Crippen LogP contribution is 2.23. The van der Waals surface area contributed by atoms with Crippen molar-refractivity contribution in [3.8, 4) is 6.07 Å². The molecule has 1 atom stereocenters. The van der Waals surface area contributed by atoms with Crippen LogP contribution in [-0.2, 0) is 0 Å². The number of benzene rings is 1. The molecular formula is C9H6Cl2N. The SMILES string of the molecule is [CH2]C(C#N)c1cc(Cl)cc(Cl)c1. The van der Waals surface area contributed by atoms with Crippen molar-refractivity contribution in [2.75, 3.05) is 0 Å². The van der Waals surface area contributed by atoms with E-state index in [9.17, 15) is 0 Å². The van der Waals surface area contributed by atoms with Crippen molar-refractivity contribution < 1.29 is 0 Å². The molecule has 1 aromatic rings. The van der Waals surface area contributed by atoms with E-state index in [0.717, 1.165) is 5.56 Å². The van der Waals surface area contributed by atoms with Crippen LogP contribution in [0.1, 0.15) is 11.5 Å². The Hall–Kier alpha value is -0.710. The fraction of sp³-hybridized carbons (Fsp3) is 0.111. The number of hydrogen-bond acceptors (Lipinski definition) is 1. The van der Waals surface area contributed by atoms with E-state index in [2.05, 4.69) is 6.92 Å². The van der Waals surface area contributed by atoms with Gasteiger partial charge in [0.1, 0.15) is 0 Å². The Kier molecular flexibility index (Phi) is 2.97. The standard InChI is InChI=1S/C9H6Cl2N/c1-6(5-12)7-2-8(10)4-9(11)3-7/h2-4,6H,1H2. The molecule has 1 unspecified atom stereocenters. The Morgan fingerprint density at radius 2 is 1.75 bits per heavy atom. The highest BCUT2D eigenvalue weighted by molar-refractivity contribution is 6.34. The van der Waals surface area contributed by atoms with Crippen molar-refractivity contribution in [1.82, 2.24) is 0 Å². The molecule has 1 rings (SSSR count). The van der Waals surface area contributed by atoms with Gasteiger partial charge in [-0.3, -0.25) is 0 Å². The van der Waals surface area contributed by atoms with E-state index < -0.39 is 5.92 Å². The third-order valence-corrected chi connectivity index (χ3v) is 1.88. The van der Waals surface area contributed by atoms with Gasteiger partial charge in [-0.15, -0.1) is 0 Å². The highest BCUT2D eigenvalue weighted by atomic mass is 35.5. The van der Waals surface area contributed by atoms with Gasteiger partial charge >= 0.3 is 0 Å². The number of rotatable bonds is 1. The minimum absolute atomic E-state index is 0.416. The molecule has 1 nitrogen and oxygen atoms in total. The van der Waals surface area contributed by atoms with Gasteiger partial charge in [0.15, 0.2) is 0 Å². The van der Waals surface area contributed by atoms with Gasteiger partial charge in [0.05, 0.1) is 12.0 Å². The van der Waals surface area contributed by atoms with Crippen molar-refractivity contribution in [3.05, 3.63) is 40.7 Å². The van der Waals surface area contributed by atoms with Crippen molar-refractivity contribution in [1.29, 1.82) is 5.26 Å². The van der Waals surface area contributed by atoms with Crippen LogP contribution in [0.3, 0.4) is 0 Å². The van der Waals surface area contributed by atoms with Gasteiger partial charge < -0.3 is 0 Å². The lowest BCUT2D eigenvalue weighted by Crippen LogP contribution is -1.89. The molecule has 3 heteroatoms. The number of hydrogen-bond donors (Lipinski definition) is 0. The average Bonchev–Trinajstić information content (AvgIpc) is 2.01. The van der Waals surface area contributed by atoms with Gasteiger partial charge in [0.2, 0.25) is 0 Å². The summed E-state index contributed by atoms with van der Waals surface area (Å²) in [6.45, 7) is 3.63. The molecule has 0 aliphatic rings. The molecule has 0 aromatic heterocycles. The number of halogens is 2. The van der Waals surface area contributed by atoms with Crippen molar-refractivity contribution in [2.24, 2.45) is 0 Å². The molecule has 1 radical (unpaired) electrons. The first-order chi connectivity index (χ1) is 5.63. The molecule has 12 heavy (non-hydrogen) atoms. The Bertz CT molecular complexity index is 308. The zero-order valence-corrected chi connectivity index (χ0v) is 7.73. The molecule has 0 aliphatic heterocycles. The second-order valence-electron chi connectivity index (χ2n) is 2.38. The monoisotopic (exact) mass is 198 g/mol. The minimum atomic E-state index is -0.416. The fourth-order valence-electron chi connectivity index (χ4n) is 0.851. The smallest absolute Gasteiger partial charge is 0.0714 e. The lowest BCUT2D eigenvalue weighted by molar-refractivity contribution is 1.09. The summed E-state index contributed by atoms with van der Waals surface area (Å²) < 4.78 is 0. The van der Waals surface area contributed by atoms with E-state index in [4.69, 9.17) is 28.5 Å². The summed E-state index contributed by atoms with van der Waals surface area (Å²) in [6, 6.07) is 7.01. The van der Waals surface area contributed by atoms with Crippen LogP contribution in [0.4, 0.5) is 0 Å². The molecule has 0 bridgehead atoms. The van der Waals surface area contributed by atoms with E-state index in [-0.39, 0.29) is 0 Å². The maximum absolute atomic E-state index is 8.57. The molecular weight excluding hydrogens is 193 g/mol. The van der Waals surface area contributed by atoms with Gasteiger partial charge in [-0.05, 0) is 30.7 Å². The fourth-order valence-corrected chi connectivity index (χ4v) is 1.39. The highest BCUT2D eigenvalue weighted by Gasteiger charge is 2.05. The van der Waals surface area contributed by atoms with E-state index in [1.165, 1.54) is 0 Å². The topological polar surface area (TPSA) is 23.8 Å². The van der Waals surface area contributed by atoms with Gasteiger partial charge in [0, 0.05) is 10.0 Å². The normalized spacial score (nSPS) is 12.2. The average molecular weight is 199 g/mol. The predicted octanol–water partition coefficient (Wildman–Crippen LogP) is 3.43. The zero-order chi connectivity index (χ0) is 9.14. The summed E-state index contributed by atoms with van der Waals surface area (Å²) in [5.41, 5.74) is 0.745. The molecule has 0 saturated heterocycles. The van der Waals surface area contributed by atoms with Crippen LogP contribution in [-0.4, -0.2) is 0 Å². The Labute approximate surface area is 81.5 Å². The van der Waals surface area contributed by atoms with E-state index in [1.807, 2.05) is 6.07 Å². The third-order valence-electron chi connectivity index (χ3n) is 1.44. The molecule has 0 heterocycles. The molecule has 0 saturated carbocycles. The van der Waals surface area contributed by atoms with Crippen molar-refractivity contribution >= 4 is 23.2 Å². The number of nitrogens with zero attached hydrogens (tertiary/aromatic N) is 1. The van der Waals surface area contributed by atoms with Gasteiger partial charge in [-0.25, -0.2) is 0 Å². The molecule has 0 fully saturated rings. The summed E-state index contributed by atoms with van der Waals surface area (Å²) >= 11 is 11.5. The van der Waals surface area contributed by atoms with E-state index >= 15 is 0 Å². The van der Waals surface area contributed by atoms with Crippen LogP contribution in [0.2, 0.25) is 10.0 Å². The molecule has 1 aromatic carbocycles. The second kappa shape index (κ2) is 3.80. The molecule has 0 spiro atoms. The summed E-state index contributed by atoms with van der Waals surface area (Å²) in [7, 11) is 0. The van der Waals surface area contributed by atoms with Crippen LogP contribution in [0, 0.1) is 18.3 Å². The second-order valence-corrected chi connectivity index (χ2v) is 3.26. The summed E-state index contributed by atoms with van der Waals surface area (Å²) in [6.07, 6.45) is 0. The summed E-state index contributed by atoms with van der Waals surface area (Å²) in [5, 5.41) is 9.63. The van der Waals surface area contributed by atoms with Gasteiger partial charge in [0.25, 0.3) is 0 Å². The first-order valence-electron chi connectivity index (χ1n) is 3.32.